The van der Waals surface area contributed by atoms with Gasteiger partial charge in [-0.3, -0.25) is 4.79 Å². The molecule has 0 saturated carbocycles. The van der Waals surface area contributed by atoms with Gasteiger partial charge in [0.2, 0.25) is 10.0 Å². The van der Waals surface area contributed by atoms with Gasteiger partial charge in [0.15, 0.2) is 0 Å². The molecule has 0 radical (unpaired) electrons. The molecule has 5 nitrogen and oxygen atoms in total. The molecule has 0 aromatic heterocycles. The fourth-order valence-electron chi connectivity index (χ4n) is 2.34. The first-order chi connectivity index (χ1) is 10.8. The standard InChI is InChI=1S/C16H25ClN2O3S/c1-5-12(6-2)11-19(7-3)16(20)14-10-13(8-9-15(14)17)23(21,22)18-4/h8-10,12,18H,5-7,11H2,1-4H3. The summed E-state index contributed by atoms with van der Waals surface area (Å²) in [4.78, 5) is 14.5. The number of nitrogens with one attached hydrogen (secondary N) is 1. The number of rotatable bonds is 8. The molecular weight excluding hydrogens is 336 g/mol. The minimum Gasteiger partial charge on any atom is -0.339 e. The summed E-state index contributed by atoms with van der Waals surface area (Å²) in [6, 6.07) is 4.18. The van der Waals surface area contributed by atoms with Gasteiger partial charge in [-0.2, -0.15) is 0 Å². The molecule has 0 spiro atoms. The van der Waals surface area contributed by atoms with Crippen LogP contribution in [-0.2, 0) is 10.0 Å². The van der Waals surface area contributed by atoms with Crippen LogP contribution in [0.25, 0.3) is 0 Å². The zero-order valence-corrected chi connectivity index (χ0v) is 15.7. The lowest BCUT2D eigenvalue weighted by atomic mass is 10.0. The number of halogens is 1. The predicted molar refractivity (Wildman–Crippen MR) is 93.3 cm³/mol. The van der Waals surface area contributed by atoms with Gasteiger partial charge in [-0.15, -0.1) is 0 Å². The van der Waals surface area contributed by atoms with Gasteiger partial charge in [-0.05, 0) is 38.1 Å². The topological polar surface area (TPSA) is 66.5 Å². The number of carbonyl (C=O) groups is 1. The maximum Gasteiger partial charge on any atom is 0.255 e. The van der Waals surface area contributed by atoms with E-state index in [9.17, 15) is 13.2 Å². The Labute approximate surface area is 144 Å². The van der Waals surface area contributed by atoms with Crippen molar-refractivity contribution in [1.82, 2.24) is 9.62 Å². The van der Waals surface area contributed by atoms with Gasteiger partial charge in [0, 0.05) is 13.1 Å². The monoisotopic (exact) mass is 360 g/mol. The molecule has 0 aliphatic rings. The van der Waals surface area contributed by atoms with Crippen LogP contribution >= 0.6 is 11.6 Å². The van der Waals surface area contributed by atoms with Crippen LogP contribution in [0.15, 0.2) is 23.1 Å². The first-order valence-corrected chi connectivity index (χ1v) is 9.69. The smallest absolute Gasteiger partial charge is 0.255 e. The molecule has 1 amide bonds. The number of nitrogens with zero attached hydrogens (tertiary/aromatic N) is 1. The van der Waals surface area contributed by atoms with Crippen molar-refractivity contribution >= 4 is 27.5 Å². The largest absolute Gasteiger partial charge is 0.339 e. The van der Waals surface area contributed by atoms with E-state index in [0.717, 1.165) is 12.8 Å². The van der Waals surface area contributed by atoms with Crippen LogP contribution in [0, 0.1) is 5.92 Å². The van der Waals surface area contributed by atoms with Crippen LogP contribution in [0.4, 0.5) is 0 Å². The number of hydrogen-bond donors (Lipinski definition) is 1. The SMILES string of the molecule is CCC(CC)CN(CC)C(=O)c1cc(S(=O)(=O)NC)ccc1Cl. The summed E-state index contributed by atoms with van der Waals surface area (Å²) in [7, 11) is -2.28. The molecule has 0 aliphatic heterocycles. The van der Waals surface area contributed by atoms with Crippen LogP contribution in [0.1, 0.15) is 44.0 Å². The second-order valence-corrected chi connectivity index (χ2v) is 7.67. The lowest BCUT2D eigenvalue weighted by Crippen LogP contribution is -2.35. The summed E-state index contributed by atoms with van der Waals surface area (Å²) < 4.78 is 26.1. The molecule has 0 heterocycles. The fraction of sp³-hybridized carbons (Fsp3) is 0.562. The Bertz CT molecular complexity index is 643. The molecule has 1 aromatic carbocycles. The third kappa shape index (κ3) is 4.93. The van der Waals surface area contributed by atoms with E-state index >= 15 is 0 Å². The number of sulfonamides is 1. The van der Waals surface area contributed by atoms with E-state index in [1.165, 1.54) is 25.2 Å². The highest BCUT2D eigenvalue weighted by Gasteiger charge is 2.22. The van der Waals surface area contributed by atoms with Crippen LogP contribution in [-0.4, -0.2) is 39.4 Å². The van der Waals surface area contributed by atoms with Crippen molar-refractivity contribution in [3.05, 3.63) is 28.8 Å². The van der Waals surface area contributed by atoms with Crippen LogP contribution < -0.4 is 4.72 Å². The van der Waals surface area contributed by atoms with Crippen molar-refractivity contribution < 1.29 is 13.2 Å². The first-order valence-electron chi connectivity index (χ1n) is 7.82. The minimum absolute atomic E-state index is 0.0336. The second-order valence-electron chi connectivity index (χ2n) is 5.38. The lowest BCUT2D eigenvalue weighted by molar-refractivity contribution is 0.0735. The van der Waals surface area contributed by atoms with E-state index in [0.29, 0.717) is 19.0 Å². The van der Waals surface area contributed by atoms with Gasteiger partial charge in [-0.1, -0.05) is 38.3 Å². The Balaban J connectivity index is 3.17. The van der Waals surface area contributed by atoms with E-state index < -0.39 is 10.0 Å². The van der Waals surface area contributed by atoms with Gasteiger partial charge in [0.1, 0.15) is 0 Å². The van der Waals surface area contributed by atoms with Crippen LogP contribution in [0.3, 0.4) is 0 Å². The molecule has 7 heteroatoms. The lowest BCUT2D eigenvalue weighted by Gasteiger charge is -2.26. The Kier molecular flexibility index (Phi) is 7.51. The van der Waals surface area contributed by atoms with E-state index in [2.05, 4.69) is 18.6 Å². The fourth-order valence-corrected chi connectivity index (χ4v) is 3.29. The summed E-state index contributed by atoms with van der Waals surface area (Å²) >= 11 is 6.13. The Morgan fingerprint density at radius 1 is 1.26 bits per heavy atom. The van der Waals surface area contributed by atoms with Gasteiger partial charge >= 0.3 is 0 Å². The summed E-state index contributed by atoms with van der Waals surface area (Å²) in [5.74, 6) is 0.180. The highest BCUT2D eigenvalue weighted by Crippen LogP contribution is 2.23. The molecule has 1 rings (SSSR count). The van der Waals surface area contributed by atoms with Gasteiger partial charge < -0.3 is 4.90 Å². The Morgan fingerprint density at radius 2 is 1.87 bits per heavy atom. The summed E-state index contributed by atoms with van der Waals surface area (Å²) in [6.07, 6.45) is 1.98. The first kappa shape index (κ1) is 19.9. The third-order valence-electron chi connectivity index (χ3n) is 4.05. The van der Waals surface area contributed by atoms with Crippen molar-refractivity contribution in [1.29, 1.82) is 0 Å². The van der Waals surface area contributed by atoms with Gasteiger partial charge in [0.25, 0.3) is 5.91 Å². The summed E-state index contributed by atoms with van der Waals surface area (Å²) in [6.45, 7) is 7.29. The number of amides is 1. The second kappa shape index (κ2) is 8.66. The van der Waals surface area contributed by atoms with E-state index in [1.807, 2.05) is 6.92 Å². The van der Waals surface area contributed by atoms with E-state index in [1.54, 1.807) is 4.90 Å². The molecule has 0 saturated heterocycles. The number of benzene rings is 1. The zero-order valence-electron chi connectivity index (χ0n) is 14.1. The predicted octanol–water partition coefficient (Wildman–Crippen LogP) is 3.15. The summed E-state index contributed by atoms with van der Waals surface area (Å²) in [5, 5.41) is 0.257. The van der Waals surface area contributed by atoms with Crippen LogP contribution in [0.5, 0.6) is 0 Å². The molecule has 1 N–H and O–H groups in total. The highest BCUT2D eigenvalue weighted by molar-refractivity contribution is 7.89. The van der Waals surface area contributed by atoms with Crippen molar-refractivity contribution in [2.45, 2.75) is 38.5 Å². The highest BCUT2D eigenvalue weighted by atomic mass is 35.5. The molecule has 1 aromatic rings. The molecule has 130 valence electrons. The maximum absolute atomic E-state index is 12.8. The van der Waals surface area contributed by atoms with Crippen molar-refractivity contribution in [3.63, 3.8) is 0 Å². The van der Waals surface area contributed by atoms with E-state index in [4.69, 9.17) is 11.6 Å². The van der Waals surface area contributed by atoms with E-state index in [-0.39, 0.29) is 21.4 Å². The van der Waals surface area contributed by atoms with Crippen molar-refractivity contribution in [2.24, 2.45) is 5.92 Å². The molecule has 23 heavy (non-hydrogen) atoms. The quantitative estimate of drug-likeness (QED) is 0.774. The van der Waals surface area contributed by atoms with Gasteiger partial charge in [-0.25, -0.2) is 13.1 Å². The molecule has 0 fully saturated rings. The van der Waals surface area contributed by atoms with Crippen molar-refractivity contribution in [2.75, 3.05) is 20.1 Å². The Hall–Kier alpha value is -1.11. The van der Waals surface area contributed by atoms with Crippen LogP contribution in [0.2, 0.25) is 5.02 Å². The normalized spacial score (nSPS) is 11.7. The number of hydrogen-bond acceptors (Lipinski definition) is 3. The summed E-state index contributed by atoms with van der Waals surface area (Å²) in [5.41, 5.74) is 0.218. The molecule has 0 bridgehead atoms. The van der Waals surface area contributed by atoms with Crippen molar-refractivity contribution in [3.8, 4) is 0 Å². The molecule has 0 aliphatic carbocycles. The average molecular weight is 361 g/mol. The molecule has 0 unspecified atom stereocenters. The average Bonchev–Trinajstić information content (AvgIpc) is 2.55. The molecule has 0 atom stereocenters. The zero-order chi connectivity index (χ0) is 17.6. The van der Waals surface area contributed by atoms with Gasteiger partial charge in [0.05, 0.1) is 15.5 Å². The Morgan fingerprint density at radius 3 is 2.35 bits per heavy atom. The minimum atomic E-state index is -3.62. The number of carbonyl (C=O) groups excluding carboxylic acids is 1. The molecular formula is C16H25ClN2O3S. The third-order valence-corrected chi connectivity index (χ3v) is 5.79. The maximum atomic E-state index is 12.8.